The molecular weight excluding hydrogens is 328 g/mol. The minimum absolute atomic E-state index is 0.117. The van der Waals surface area contributed by atoms with E-state index in [0.717, 1.165) is 0 Å². The Kier molecular flexibility index (Phi) is 4.19. The summed E-state index contributed by atoms with van der Waals surface area (Å²) < 4.78 is 5.97. The zero-order valence-corrected chi connectivity index (χ0v) is 12.1. The molecule has 0 radical (unpaired) electrons. The van der Waals surface area contributed by atoms with Crippen LogP contribution in [0.1, 0.15) is 33.5 Å². The summed E-state index contributed by atoms with van der Waals surface area (Å²) in [6.07, 6.45) is 1.18. The first kappa shape index (κ1) is 14.3. The van der Waals surface area contributed by atoms with Gasteiger partial charge in [0, 0.05) is 5.56 Å². The number of nitrogens with zero attached hydrogens (tertiary/aromatic N) is 1. The molecule has 0 amide bonds. The molecule has 2 rings (SSSR count). The second kappa shape index (κ2) is 5.87. The Balaban J connectivity index is 2.36. The van der Waals surface area contributed by atoms with Crippen LogP contribution in [0, 0.1) is 0 Å². The zero-order chi connectivity index (χ0) is 14.7. The van der Waals surface area contributed by atoms with Crippen molar-refractivity contribution in [3.05, 3.63) is 46.0 Å². The van der Waals surface area contributed by atoms with Gasteiger partial charge in [-0.1, -0.05) is 0 Å². The van der Waals surface area contributed by atoms with Crippen molar-refractivity contribution in [1.82, 2.24) is 9.97 Å². The van der Waals surface area contributed by atoms with Crippen LogP contribution in [0.5, 0.6) is 5.75 Å². The highest BCUT2D eigenvalue weighted by atomic mass is 79.9. The number of nitrogens with one attached hydrogen (secondary N) is 1. The number of carboxylic acids is 1. The van der Waals surface area contributed by atoms with Crippen molar-refractivity contribution in [2.75, 3.05) is 6.61 Å². The number of imidazole rings is 1. The van der Waals surface area contributed by atoms with Crippen molar-refractivity contribution >= 4 is 27.7 Å². The molecule has 104 valence electrons. The molecule has 7 heteroatoms. The van der Waals surface area contributed by atoms with E-state index >= 15 is 0 Å². The predicted octanol–water partition coefficient (Wildman–Crippen LogP) is 2.50. The van der Waals surface area contributed by atoms with Gasteiger partial charge in [0.2, 0.25) is 5.78 Å². The van der Waals surface area contributed by atoms with Crippen molar-refractivity contribution < 1.29 is 19.4 Å². The van der Waals surface area contributed by atoms with Crippen LogP contribution in [0.25, 0.3) is 0 Å². The molecule has 0 fully saturated rings. The highest BCUT2D eigenvalue weighted by Gasteiger charge is 2.21. The Labute approximate surface area is 122 Å². The Hall–Kier alpha value is -2.15. The maximum absolute atomic E-state index is 12.2. The van der Waals surface area contributed by atoms with Gasteiger partial charge in [0.05, 0.1) is 17.4 Å². The highest BCUT2D eigenvalue weighted by molar-refractivity contribution is 9.10. The molecular formula is C13H11BrN2O4. The quantitative estimate of drug-likeness (QED) is 0.817. The summed E-state index contributed by atoms with van der Waals surface area (Å²) in [7, 11) is 0. The SMILES string of the molecule is CCOc1ccc(C(=O)c2nc[nH]c2C(=O)O)cc1Br. The standard InChI is InChI=1S/C13H11BrN2O4/c1-2-20-9-4-3-7(5-8(9)14)12(17)10-11(13(18)19)16-6-15-10/h3-6H,2H2,1H3,(H,15,16)(H,18,19). The van der Waals surface area contributed by atoms with Crippen molar-refractivity contribution in [2.45, 2.75) is 6.92 Å². The smallest absolute Gasteiger partial charge is 0.354 e. The molecule has 0 bridgehead atoms. The molecule has 0 saturated carbocycles. The Morgan fingerprint density at radius 2 is 2.20 bits per heavy atom. The fourth-order valence-corrected chi connectivity index (χ4v) is 2.17. The van der Waals surface area contributed by atoms with Gasteiger partial charge in [0.15, 0.2) is 5.69 Å². The summed E-state index contributed by atoms with van der Waals surface area (Å²) in [6.45, 7) is 2.36. The van der Waals surface area contributed by atoms with E-state index in [1.54, 1.807) is 18.2 Å². The molecule has 20 heavy (non-hydrogen) atoms. The van der Waals surface area contributed by atoms with E-state index < -0.39 is 11.8 Å². The van der Waals surface area contributed by atoms with E-state index in [4.69, 9.17) is 9.84 Å². The number of halogens is 1. The van der Waals surface area contributed by atoms with Gasteiger partial charge in [-0.25, -0.2) is 9.78 Å². The van der Waals surface area contributed by atoms with Crippen LogP contribution in [0.4, 0.5) is 0 Å². The lowest BCUT2D eigenvalue weighted by Gasteiger charge is -2.07. The topological polar surface area (TPSA) is 92.3 Å². The van der Waals surface area contributed by atoms with Gasteiger partial charge in [-0.2, -0.15) is 0 Å². The van der Waals surface area contributed by atoms with E-state index in [2.05, 4.69) is 25.9 Å². The number of aromatic amines is 1. The molecule has 1 heterocycles. The van der Waals surface area contributed by atoms with Crippen LogP contribution in [0.3, 0.4) is 0 Å². The van der Waals surface area contributed by atoms with E-state index in [-0.39, 0.29) is 11.4 Å². The van der Waals surface area contributed by atoms with Crippen molar-refractivity contribution in [3.63, 3.8) is 0 Å². The molecule has 0 saturated heterocycles. The average Bonchev–Trinajstić information content (AvgIpc) is 2.90. The Bertz CT molecular complexity index is 666. The summed E-state index contributed by atoms with van der Waals surface area (Å²) in [5, 5.41) is 8.97. The number of carboxylic acid groups (broad SMARTS) is 1. The first-order chi connectivity index (χ1) is 9.54. The van der Waals surface area contributed by atoms with Crippen LogP contribution in [-0.2, 0) is 0 Å². The number of aromatic carboxylic acids is 1. The minimum Gasteiger partial charge on any atom is -0.493 e. The summed E-state index contributed by atoms with van der Waals surface area (Å²) >= 11 is 3.31. The number of hydrogen-bond donors (Lipinski definition) is 2. The number of hydrogen-bond acceptors (Lipinski definition) is 4. The number of rotatable bonds is 5. The van der Waals surface area contributed by atoms with E-state index in [9.17, 15) is 9.59 Å². The lowest BCUT2D eigenvalue weighted by Crippen LogP contribution is -2.09. The summed E-state index contributed by atoms with van der Waals surface area (Å²) in [4.78, 5) is 29.4. The normalized spacial score (nSPS) is 10.3. The van der Waals surface area contributed by atoms with Crippen LogP contribution in [0.2, 0.25) is 0 Å². The van der Waals surface area contributed by atoms with Gasteiger partial charge >= 0.3 is 5.97 Å². The van der Waals surface area contributed by atoms with Crippen LogP contribution in [0.15, 0.2) is 29.0 Å². The number of benzene rings is 1. The third-order valence-corrected chi connectivity index (χ3v) is 3.18. The third kappa shape index (κ3) is 2.72. The minimum atomic E-state index is -1.23. The van der Waals surface area contributed by atoms with Crippen LogP contribution < -0.4 is 4.74 Å². The molecule has 0 aliphatic carbocycles. The first-order valence-electron chi connectivity index (χ1n) is 5.78. The number of aromatic nitrogens is 2. The highest BCUT2D eigenvalue weighted by Crippen LogP contribution is 2.27. The molecule has 2 N–H and O–H groups in total. The molecule has 6 nitrogen and oxygen atoms in total. The fourth-order valence-electron chi connectivity index (χ4n) is 1.68. The maximum atomic E-state index is 12.2. The molecule has 0 aliphatic heterocycles. The third-order valence-electron chi connectivity index (χ3n) is 2.56. The molecule has 0 spiro atoms. The van der Waals surface area contributed by atoms with E-state index in [0.29, 0.717) is 22.4 Å². The second-order valence-corrected chi connectivity index (χ2v) is 4.69. The number of H-pyrrole nitrogens is 1. The molecule has 1 aromatic carbocycles. The largest absolute Gasteiger partial charge is 0.493 e. The van der Waals surface area contributed by atoms with Crippen molar-refractivity contribution in [2.24, 2.45) is 0 Å². The summed E-state index contributed by atoms with van der Waals surface area (Å²) in [6, 6.07) is 4.79. The zero-order valence-electron chi connectivity index (χ0n) is 10.5. The monoisotopic (exact) mass is 338 g/mol. The number of carbonyl (C=O) groups excluding carboxylic acids is 1. The Morgan fingerprint density at radius 3 is 2.80 bits per heavy atom. The van der Waals surface area contributed by atoms with Gasteiger partial charge in [0.1, 0.15) is 11.4 Å². The average molecular weight is 339 g/mol. The molecule has 0 unspecified atom stereocenters. The lowest BCUT2D eigenvalue weighted by atomic mass is 10.1. The van der Waals surface area contributed by atoms with Crippen molar-refractivity contribution in [1.29, 1.82) is 0 Å². The van der Waals surface area contributed by atoms with Crippen LogP contribution >= 0.6 is 15.9 Å². The molecule has 2 aromatic rings. The summed E-state index contributed by atoms with van der Waals surface area (Å²) in [5.74, 6) is -1.08. The maximum Gasteiger partial charge on any atom is 0.354 e. The fraction of sp³-hybridized carbons (Fsp3) is 0.154. The number of carbonyl (C=O) groups is 2. The van der Waals surface area contributed by atoms with Gasteiger partial charge in [-0.05, 0) is 41.1 Å². The second-order valence-electron chi connectivity index (χ2n) is 3.84. The van der Waals surface area contributed by atoms with E-state index in [1.807, 2.05) is 6.92 Å². The van der Waals surface area contributed by atoms with Gasteiger partial charge in [-0.3, -0.25) is 4.79 Å². The molecule has 0 aliphatic rings. The van der Waals surface area contributed by atoms with Gasteiger partial charge < -0.3 is 14.8 Å². The predicted molar refractivity (Wildman–Crippen MR) is 74.3 cm³/mol. The first-order valence-corrected chi connectivity index (χ1v) is 6.57. The Morgan fingerprint density at radius 1 is 1.45 bits per heavy atom. The number of ether oxygens (including phenoxy) is 1. The van der Waals surface area contributed by atoms with Gasteiger partial charge in [-0.15, -0.1) is 0 Å². The summed E-state index contributed by atoms with van der Waals surface area (Å²) in [5.41, 5.74) is -0.0107. The molecule has 1 aromatic heterocycles. The van der Waals surface area contributed by atoms with E-state index in [1.165, 1.54) is 6.33 Å². The number of ketones is 1. The lowest BCUT2D eigenvalue weighted by molar-refractivity contribution is 0.0687. The molecule has 0 atom stereocenters. The van der Waals surface area contributed by atoms with Crippen molar-refractivity contribution in [3.8, 4) is 5.75 Å². The van der Waals surface area contributed by atoms with Gasteiger partial charge in [0.25, 0.3) is 0 Å². The van der Waals surface area contributed by atoms with Crippen LogP contribution in [-0.4, -0.2) is 33.4 Å².